The van der Waals surface area contributed by atoms with Gasteiger partial charge >= 0.3 is 0 Å². The van der Waals surface area contributed by atoms with Crippen molar-refractivity contribution in [3.05, 3.63) is 18.0 Å². The predicted octanol–water partition coefficient (Wildman–Crippen LogP) is 1.91. The van der Waals surface area contributed by atoms with E-state index < -0.39 is 10.0 Å². The largest absolute Gasteiger partial charge is 0.346 e. The van der Waals surface area contributed by atoms with Crippen molar-refractivity contribution in [1.82, 2.24) is 14.6 Å². The van der Waals surface area contributed by atoms with E-state index in [1.807, 2.05) is 19.2 Å². The second-order valence-electron chi connectivity index (χ2n) is 7.13. The van der Waals surface area contributed by atoms with Gasteiger partial charge < -0.3 is 9.88 Å². The van der Waals surface area contributed by atoms with Crippen LogP contribution >= 0.6 is 0 Å². The van der Waals surface area contributed by atoms with Gasteiger partial charge in [-0.3, -0.25) is 0 Å². The molecule has 3 saturated carbocycles. The average Bonchev–Trinajstić information content (AvgIpc) is 3.25. The lowest BCUT2D eigenvalue weighted by atomic mass is 10.4. The van der Waals surface area contributed by atoms with Crippen LogP contribution in [0.1, 0.15) is 57.2 Å². The molecule has 0 amide bonds. The molecular formula is C15H23N3O2S. The van der Waals surface area contributed by atoms with Crippen LogP contribution in [0.15, 0.2) is 17.2 Å². The molecule has 3 aliphatic rings. The monoisotopic (exact) mass is 309 g/mol. The maximum atomic E-state index is 12.5. The van der Waals surface area contributed by atoms with Crippen molar-refractivity contribution in [3.63, 3.8) is 0 Å². The van der Waals surface area contributed by atoms with E-state index in [2.05, 4.69) is 14.6 Å². The van der Waals surface area contributed by atoms with E-state index in [4.69, 9.17) is 0 Å². The Morgan fingerprint density at radius 2 is 2.00 bits per heavy atom. The number of aromatic nitrogens is 1. The van der Waals surface area contributed by atoms with Crippen molar-refractivity contribution in [2.45, 2.75) is 74.5 Å². The van der Waals surface area contributed by atoms with E-state index in [1.54, 1.807) is 0 Å². The van der Waals surface area contributed by atoms with Crippen molar-refractivity contribution in [1.29, 1.82) is 0 Å². The lowest BCUT2D eigenvalue weighted by Gasteiger charge is -2.10. The zero-order valence-electron chi connectivity index (χ0n) is 12.4. The molecule has 0 saturated heterocycles. The molecule has 1 aromatic rings. The highest BCUT2D eigenvalue weighted by atomic mass is 32.2. The molecule has 0 aromatic carbocycles. The van der Waals surface area contributed by atoms with Crippen LogP contribution < -0.4 is 10.0 Å². The number of nitrogens with one attached hydrogen (secondary N) is 2. The molecule has 1 heterocycles. The van der Waals surface area contributed by atoms with E-state index in [0.29, 0.717) is 17.0 Å². The quantitative estimate of drug-likeness (QED) is 0.808. The van der Waals surface area contributed by atoms with E-state index >= 15 is 0 Å². The summed E-state index contributed by atoms with van der Waals surface area (Å²) in [5.41, 5.74) is 0.887. The summed E-state index contributed by atoms with van der Waals surface area (Å²) in [6.07, 6.45) is 8.52. The van der Waals surface area contributed by atoms with Gasteiger partial charge in [0, 0.05) is 36.1 Å². The number of hydrogen-bond acceptors (Lipinski definition) is 3. The van der Waals surface area contributed by atoms with Crippen LogP contribution in [0.3, 0.4) is 0 Å². The van der Waals surface area contributed by atoms with Gasteiger partial charge in [0.25, 0.3) is 0 Å². The molecule has 1 aromatic heterocycles. The lowest BCUT2D eigenvalue weighted by molar-refractivity contribution is 0.557. The van der Waals surface area contributed by atoms with E-state index in [0.717, 1.165) is 37.9 Å². The molecule has 0 radical (unpaired) electrons. The van der Waals surface area contributed by atoms with Crippen molar-refractivity contribution in [3.8, 4) is 0 Å². The van der Waals surface area contributed by atoms with Crippen LogP contribution in [0.25, 0.3) is 0 Å². The lowest BCUT2D eigenvalue weighted by Crippen LogP contribution is -2.34. The Balaban J connectivity index is 1.57. The van der Waals surface area contributed by atoms with Gasteiger partial charge in [-0.05, 0) is 51.5 Å². The average molecular weight is 309 g/mol. The van der Waals surface area contributed by atoms with Crippen LogP contribution in [-0.4, -0.2) is 24.6 Å². The first kappa shape index (κ1) is 13.8. The van der Waals surface area contributed by atoms with Crippen LogP contribution in [0.5, 0.6) is 0 Å². The molecule has 0 atom stereocenters. The van der Waals surface area contributed by atoms with Crippen molar-refractivity contribution in [2.75, 3.05) is 0 Å². The third kappa shape index (κ3) is 3.03. The van der Waals surface area contributed by atoms with Gasteiger partial charge in [0.1, 0.15) is 0 Å². The molecule has 0 spiro atoms. The molecule has 0 aliphatic heterocycles. The first-order chi connectivity index (χ1) is 9.95. The molecule has 0 unspecified atom stereocenters. The van der Waals surface area contributed by atoms with Crippen molar-refractivity contribution in [2.24, 2.45) is 0 Å². The normalized spacial score (nSPS) is 24.2. The molecule has 3 fully saturated rings. The minimum Gasteiger partial charge on any atom is -0.346 e. The molecule has 0 bridgehead atoms. The van der Waals surface area contributed by atoms with Gasteiger partial charge in [-0.15, -0.1) is 0 Å². The SMILES string of the molecule is CC1(NS(=O)(=O)c2cc(CNC3CC3)n(C3CC3)c2)CC1. The summed E-state index contributed by atoms with van der Waals surface area (Å²) in [4.78, 5) is 0.426. The molecule has 21 heavy (non-hydrogen) atoms. The Morgan fingerprint density at radius 3 is 2.57 bits per heavy atom. The van der Waals surface area contributed by atoms with Gasteiger partial charge in [0.05, 0.1) is 4.90 Å². The Morgan fingerprint density at radius 1 is 1.29 bits per heavy atom. The summed E-state index contributed by atoms with van der Waals surface area (Å²) in [5.74, 6) is 0. The van der Waals surface area contributed by atoms with Gasteiger partial charge in [-0.2, -0.15) is 0 Å². The first-order valence-corrected chi connectivity index (χ1v) is 9.42. The maximum absolute atomic E-state index is 12.5. The summed E-state index contributed by atoms with van der Waals surface area (Å²) in [5, 5.41) is 3.49. The van der Waals surface area contributed by atoms with Crippen LogP contribution in [-0.2, 0) is 16.6 Å². The number of sulfonamides is 1. The molecule has 116 valence electrons. The van der Waals surface area contributed by atoms with Gasteiger partial charge in [-0.1, -0.05) is 0 Å². The Labute approximate surface area is 126 Å². The fourth-order valence-electron chi connectivity index (χ4n) is 2.69. The number of hydrogen-bond donors (Lipinski definition) is 2. The van der Waals surface area contributed by atoms with E-state index in [-0.39, 0.29) is 5.54 Å². The standard InChI is InChI=1S/C15H23N3O2S/c1-15(6-7-15)17-21(19,20)14-8-13(9-16-11-2-3-11)18(10-14)12-4-5-12/h8,10-12,16-17H,2-7,9H2,1H3. The zero-order chi connectivity index (χ0) is 14.7. The number of rotatable bonds is 7. The van der Waals surface area contributed by atoms with E-state index in [1.165, 1.54) is 12.8 Å². The highest BCUT2D eigenvalue weighted by Crippen LogP contribution is 2.39. The topological polar surface area (TPSA) is 63.1 Å². The maximum Gasteiger partial charge on any atom is 0.242 e. The molecule has 4 rings (SSSR count). The number of nitrogens with zero attached hydrogens (tertiary/aromatic N) is 1. The predicted molar refractivity (Wildman–Crippen MR) is 80.5 cm³/mol. The third-order valence-corrected chi connectivity index (χ3v) is 6.29. The first-order valence-electron chi connectivity index (χ1n) is 7.93. The fraction of sp³-hybridized carbons (Fsp3) is 0.733. The van der Waals surface area contributed by atoms with Crippen molar-refractivity contribution < 1.29 is 8.42 Å². The Bertz CT molecular complexity index is 652. The zero-order valence-corrected chi connectivity index (χ0v) is 13.2. The molecular weight excluding hydrogens is 286 g/mol. The van der Waals surface area contributed by atoms with Crippen LogP contribution in [0.2, 0.25) is 0 Å². The summed E-state index contributed by atoms with van der Waals surface area (Å²) < 4.78 is 30.0. The van der Waals surface area contributed by atoms with Gasteiger partial charge in [0.15, 0.2) is 0 Å². The second-order valence-corrected chi connectivity index (χ2v) is 8.81. The minimum absolute atomic E-state index is 0.215. The Hall–Kier alpha value is -0.850. The third-order valence-electron chi connectivity index (χ3n) is 4.69. The van der Waals surface area contributed by atoms with Crippen LogP contribution in [0, 0.1) is 0 Å². The second kappa shape index (κ2) is 4.57. The molecule has 5 nitrogen and oxygen atoms in total. The molecule has 2 N–H and O–H groups in total. The smallest absolute Gasteiger partial charge is 0.242 e. The van der Waals surface area contributed by atoms with Crippen LogP contribution in [0.4, 0.5) is 0 Å². The summed E-state index contributed by atoms with van der Waals surface area (Å²) in [6, 6.07) is 2.99. The summed E-state index contributed by atoms with van der Waals surface area (Å²) in [6.45, 7) is 2.74. The highest BCUT2D eigenvalue weighted by Gasteiger charge is 2.41. The summed E-state index contributed by atoms with van der Waals surface area (Å²) in [7, 11) is -3.38. The molecule has 3 aliphatic carbocycles. The fourth-order valence-corrected chi connectivity index (χ4v) is 4.20. The van der Waals surface area contributed by atoms with Crippen molar-refractivity contribution >= 4 is 10.0 Å². The van der Waals surface area contributed by atoms with Gasteiger partial charge in [-0.25, -0.2) is 13.1 Å². The minimum atomic E-state index is -3.38. The van der Waals surface area contributed by atoms with Gasteiger partial charge in [0.2, 0.25) is 10.0 Å². The summed E-state index contributed by atoms with van der Waals surface area (Å²) >= 11 is 0. The van der Waals surface area contributed by atoms with E-state index in [9.17, 15) is 8.42 Å². The Kier molecular flexibility index (Phi) is 3.00. The molecule has 6 heteroatoms. The highest BCUT2D eigenvalue weighted by molar-refractivity contribution is 7.89.